The number of carboxylic acids is 1. The van der Waals surface area contributed by atoms with Gasteiger partial charge in [0.2, 0.25) is 0 Å². The average molecular weight is 378 g/mol. The molecule has 1 saturated heterocycles. The van der Waals surface area contributed by atoms with E-state index < -0.39 is 11.9 Å². The summed E-state index contributed by atoms with van der Waals surface area (Å²) in [5, 5.41) is 16.1. The predicted molar refractivity (Wildman–Crippen MR) is 88.0 cm³/mol. The molecule has 23 heavy (non-hydrogen) atoms. The maximum absolute atomic E-state index is 12.6. The van der Waals surface area contributed by atoms with Gasteiger partial charge in [-0.15, -0.1) is 0 Å². The Morgan fingerprint density at radius 3 is 2.65 bits per heavy atom. The minimum Gasteiger partial charge on any atom is -0.481 e. The Labute approximate surface area is 141 Å². The Balaban J connectivity index is 1.79. The van der Waals surface area contributed by atoms with Crippen LogP contribution in [0.5, 0.6) is 0 Å². The van der Waals surface area contributed by atoms with Gasteiger partial charge in [-0.1, -0.05) is 28.1 Å². The van der Waals surface area contributed by atoms with E-state index in [1.54, 1.807) is 17.9 Å². The Hall–Kier alpha value is -2.15. The first-order chi connectivity index (χ1) is 11.0. The third-order valence-corrected chi connectivity index (χ3v) is 4.81. The van der Waals surface area contributed by atoms with Crippen LogP contribution in [-0.4, -0.2) is 44.7 Å². The van der Waals surface area contributed by atoms with Crippen LogP contribution in [-0.2, 0) is 4.79 Å². The van der Waals surface area contributed by atoms with Crippen molar-refractivity contribution < 1.29 is 14.7 Å². The number of H-pyrrole nitrogens is 1. The molecule has 2 aromatic rings. The molecule has 0 saturated carbocycles. The smallest absolute Gasteiger partial charge is 0.308 e. The van der Waals surface area contributed by atoms with Crippen LogP contribution in [0.15, 0.2) is 34.8 Å². The molecule has 1 aliphatic heterocycles. The zero-order valence-electron chi connectivity index (χ0n) is 12.5. The lowest BCUT2D eigenvalue weighted by atomic mass is 10.0. The van der Waals surface area contributed by atoms with Gasteiger partial charge in [0.25, 0.3) is 5.91 Å². The third kappa shape index (κ3) is 3.01. The van der Waals surface area contributed by atoms with Gasteiger partial charge in [-0.05, 0) is 31.5 Å². The zero-order valence-corrected chi connectivity index (χ0v) is 14.1. The normalized spacial score (nSPS) is 20.7. The van der Waals surface area contributed by atoms with Gasteiger partial charge in [0, 0.05) is 22.6 Å². The van der Waals surface area contributed by atoms with E-state index in [0.717, 1.165) is 10.0 Å². The molecule has 2 unspecified atom stereocenters. The van der Waals surface area contributed by atoms with Crippen molar-refractivity contribution in [2.24, 2.45) is 5.92 Å². The maximum Gasteiger partial charge on any atom is 0.308 e. The number of aromatic amines is 1. The second kappa shape index (κ2) is 6.16. The van der Waals surface area contributed by atoms with E-state index in [4.69, 9.17) is 5.11 Å². The van der Waals surface area contributed by atoms with Gasteiger partial charge >= 0.3 is 5.97 Å². The summed E-state index contributed by atoms with van der Waals surface area (Å²) in [6.07, 6.45) is 0.482. The second-order valence-corrected chi connectivity index (χ2v) is 6.56. The van der Waals surface area contributed by atoms with Crippen molar-refractivity contribution >= 4 is 27.8 Å². The number of nitrogens with one attached hydrogen (secondary N) is 1. The number of carboxylic acid groups (broad SMARTS) is 1. The van der Waals surface area contributed by atoms with Gasteiger partial charge in [-0.2, -0.15) is 5.10 Å². The molecule has 2 heterocycles. The summed E-state index contributed by atoms with van der Waals surface area (Å²) in [5.41, 5.74) is 1.96. The summed E-state index contributed by atoms with van der Waals surface area (Å²) in [7, 11) is 0. The minimum absolute atomic E-state index is 0.211. The molecule has 1 aromatic carbocycles. The molecule has 0 aliphatic carbocycles. The van der Waals surface area contributed by atoms with Crippen LogP contribution in [0.4, 0.5) is 0 Å². The minimum atomic E-state index is -0.854. The first-order valence-electron chi connectivity index (χ1n) is 7.32. The highest BCUT2D eigenvalue weighted by Crippen LogP contribution is 2.27. The lowest BCUT2D eigenvalue weighted by Gasteiger charge is -2.22. The number of aromatic nitrogens is 2. The predicted octanol–water partition coefficient (Wildman–Crippen LogP) is 2.77. The number of benzene rings is 1. The van der Waals surface area contributed by atoms with E-state index in [9.17, 15) is 9.59 Å². The quantitative estimate of drug-likeness (QED) is 0.860. The molecule has 1 aliphatic rings. The summed E-state index contributed by atoms with van der Waals surface area (Å²) in [4.78, 5) is 25.3. The standard InChI is InChI=1S/C16H16BrN3O3/c1-9-12(16(22)23)6-7-20(9)15(21)14-8-13(18-19-14)10-2-4-11(17)5-3-10/h2-5,8-9,12H,6-7H2,1H3,(H,18,19)(H,22,23). The van der Waals surface area contributed by atoms with Crippen LogP contribution in [0.2, 0.25) is 0 Å². The van der Waals surface area contributed by atoms with E-state index in [2.05, 4.69) is 26.1 Å². The fourth-order valence-electron chi connectivity index (χ4n) is 2.91. The van der Waals surface area contributed by atoms with Gasteiger partial charge in [-0.3, -0.25) is 14.7 Å². The number of nitrogens with zero attached hydrogens (tertiary/aromatic N) is 2. The lowest BCUT2D eigenvalue weighted by molar-refractivity contribution is -0.142. The summed E-state index contributed by atoms with van der Waals surface area (Å²) in [6, 6.07) is 9.02. The number of hydrogen-bond donors (Lipinski definition) is 2. The summed E-state index contributed by atoms with van der Waals surface area (Å²) in [5.74, 6) is -1.57. The van der Waals surface area contributed by atoms with Crippen LogP contribution in [0.1, 0.15) is 23.8 Å². The number of aliphatic carboxylic acids is 1. The van der Waals surface area contributed by atoms with Crippen molar-refractivity contribution in [1.82, 2.24) is 15.1 Å². The van der Waals surface area contributed by atoms with Crippen molar-refractivity contribution in [2.45, 2.75) is 19.4 Å². The molecule has 1 fully saturated rings. The fraction of sp³-hybridized carbons (Fsp3) is 0.312. The Morgan fingerprint density at radius 1 is 1.35 bits per heavy atom. The highest BCUT2D eigenvalue weighted by Gasteiger charge is 2.38. The molecule has 1 aromatic heterocycles. The summed E-state index contributed by atoms with van der Waals surface area (Å²) < 4.78 is 0.971. The maximum atomic E-state index is 12.6. The highest BCUT2D eigenvalue weighted by atomic mass is 79.9. The largest absolute Gasteiger partial charge is 0.481 e. The average Bonchev–Trinajstić information content (AvgIpc) is 3.14. The molecule has 0 radical (unpaired) electrons. The number of amides is 1. The Kier molecular flexibility index (Phi) is 4.21. The first-order valence-corrected chi connectivity index (χ1v) is 8.12. The molecular formula is C16H16BrN3O3. The number of hydrogen-bond acceptors (Lipinski definition) is 3. The van der Waals surface area contributed by atoms with Gasteiger partial charge in [0.05, 0.1) is 11.6 Å². The molecule has 1 amide bonds. The number of rotatable bonds is 3. The van der Waals surface area contributed by atoms with Crippen LogP contribution in [0.3, 0.4) is 0 Å². The van der Waals surface area contributed by atoms with Gasteiger partial charge < -0.3 is 10.0 Å². The second-order valence-electron chi connectivity index (χ2n) is 5.65. The van der Waals surface area contributed by atoms with Crippen LogP contribution >= 0.6 is 15.9 Å². The van der Waals surface area contributed by atoms with Crippen molar-refractivity contribution in [1.29, 1.82) is 0 Å². The first kappa shape index (κ1) is 15.7. The summed E-state index contributed by atoms with van der Waals surface area (Å²) in [6.45, 7) is 2.22. The van der Waals surface area contributed by atoms with E-state index in [-0.39, 0.29) is 11.9 Å². The Bertz CT molecular complexity index is 741. The zero-order chi connectivity index (χ0) is 16.6. The fourth-order valence-corrected chi connectivity index (χ4v) is 3.18. The molecule has 3 rings (SSSR count). The number of carbonyl (C=O) groups excluding carboxylic acids is 1. The SMILES string of the molecule is CC1C(C(=O)O)CCN1C(=O)c1cc(-c2ccc(Br)cc2)n[nH]1. The molecule has 0 spiro atoms. The van der Waals surface area contributed by atoms with Crippen molar-refractivity contribution in [3.63, 3.8) is 0 Å². The van der Waals surface area contributed by atoms with Crippen LogP contribution in [0.25, 0.3) is 11.3 Å². The van der Waals surface area contributed by atoms with Gasteiger partial charge in [0.1, 0.15) is 5.69 Å². The number of likely N-dealkylation sites (tertiary alicyclic amines) is 1. The third-order valence-electron chi connectivity index (χ3n) is 4.28. The van der Waals surface area contributed by atoms with Crippen molar-refractivity contribution in [3.05, 3.63) is 40.5 Å². The van der Waals surface area contributed by atoms with Gasteiger partial charge in [-0.25, -0.2) is 0 Å². The molecule has 7 heteroatoms. The molecular weight excluding hydrogens is 362 g/mol. The molecule has 0 bridgehead atoms. The highest BCUT2D eigenvalue weighted by molar-refractivity contribution is 9.10. The molecule has 120 valence electrons. The van der Waals surface area contributed by atoms with Gasteiger partial charge in [0.15, 0.2) is 0 Å². The topological polar surface area (TPSA) is 86.3 Å². The lowest BCUT2D eigenvalue weighted by Crippen LogP contribution is -2.37. The van der Waals surface area contributed by atoms with E-state index >= 15 is 0 Å². The van der Waals surface area contributed by atoms with Crippen LogP contribution in [0, 0.1) is 5.92 Å². The van der Waals surface area contributed by atoms with Crippen LogP contribution < -0.4 is 0 Å². The summed E-state index contributed by atoms with van der Waals surface area (Å²) >= 11 is 3.38. The van der Waals surface area contributed by atoms with Crippen molar-refractivity contribution in [2.75, 3.05) is 6.54 Å². The molecule has 6 nitrogen and oxygen atoms in total. The number of carbonyl (C=O) groups is 2. The Morgan fingerprint density at radius 2 is 2.04 bits per heavy atom. The van der Waals surface area contributed by atoms with E-state index in [1.807, 2.05) is 24.3 Å². The van der Waals surface area contributed by atoms with Crippen molar-refractivity contribution in [3.8, 4) is 11.3 Å². The van der Waals surface area contributed by atoms with E-state index in [1.165, 1.54) is 0 Å². The number of halogens is 1. The molecule has 2 atom stereocenters. The monoisotopic (exact) mass is 377 g/mol. The molecule has 2 N–H and O–H groups in total. The van der Waals surface area contributed by atoms with E-state index in [0.29, 0.717) is 24.4 Å².